The molecule has 0 bridgehead atoms. The van der Waals surface area contributed by atoms with Gasteiger partial charge in [-0.3, -0.25) is 14.9 Å². The molecule has 0 aliphatic heterocycles. The Hall–Kier alpha value is -3.80. The van der Waals surface area contributed by atoms with Crippen molar-refractivity contribution >= 4 is 22.8 Å². The molecule has 1 atom stereocenters. The SMILES string of the molecule is O=C(CC(Cc1ccccc1)n1nnc2ccccc21)NC(=O)c1ccccc1. The number of hydrogen-bond acceptors (Lipinski definition) is 4. The number of carbonyl (C=O) groups excluding carboxylic acids is 2. The van der Waals surface area contributed by atoms with Crippen molar-refractivity contribution in [3.63, 3.8) is 0 Å². The summed E-state index contributed by atoms with van der Waals surface area (Å²) < 4.78 is 1.77. The van der Waals surface area contributed by atoms with Crippen LogP contribution in [-0.2, 0) is 11.2 Å². The molecule has 1 heterocycles. The fraction of sp³-hybridized carbons (Fsp3) is 0.130. The first kappa shape index (κ1) is 18.6. The third kappa shape index (κ3) is 4.38. The molecule has 6 heteroatoms. The topological polar surface area (TPSA) is 76.9 Å². The van der Waals surface area contributed by atoms with Gasteiger partial charge in [-0.15, -0.1) is 5.10 Å². The van der Waals surface area contributed by atoms with E-state index >= 15 is 0 Å². The van der Waals surface area contributed by atoms with E-state index in [9.17, 15) is 9.59 Å². The number of rotatable bonds is 6. The maximum Gasteiger partial charge on any atom is 0.257 e. The van der Waals surface area contributed by atoms with Gasteiger partial charge < -0.3 is 0 Å². The van der Waals surface area contributed by atoms with E-state index in [0.29, 0.717) is 12.0 Å². The number of nitrogens with one attached hydrogen (secondary N) is 1. The average molecular weight is 384 g/mol. The number of amides is 2. The zero-order valence-electron chi connectivity index (χ0n) is 15.7. The van der Waals surface area contributed by atoms with Gasteiger partial charge in [0.25, 0.3) is 5.91 Å². The number of hydrogen-bond donors (Lipinski definition) is 1. The molecule has 1 N–H and O–H groups in total. The van der Waals surface area contributed by atoms with Crippen molar-refractivity contribution in [3.05, 3.63) is 96.1 Å². The van der Waals surface area contributed by atoms with Gasteiger partial charge in [-0.05, 0) is 36.2 Å². The zero-order chi connectivity index (χ0) is 20.1. The summed E-state index contributed by atoms with van der Waals surface area (Å²) in [6, 6.07) is 26.0. The number of para-hydroxylation sites is 1. The first-order valence-corrected chi connectivity index (χ1v) is 9.44. The smallest absolute Gasteiger partial charge is 0.257 e. The van der Waals surface area contributed by atoms with Gasteiger partial charge in [-0.25, -0.2) is 4.68 Å². The predicted molar refractivity (Wildman–Crippen MR) is 110 cm³/mol. The number of nitrogens with zero attached hydrogens (tertiary/aromatic N) is 3. The Morgan fingerprint density at radius 1 is 0.862 bits per heavy atom. The monoisotopic (exact) mass is 384 g/mol. The van der Waals surface area contributed by atoms with Crippen molar-refractivity contribution in [1.29, 1.82) is 0 Å². The third-order valence-electron chi connectivity index (χ3n) is 4.75. The number of fused-ring (bicyclic) bond motifs is 1. The van der Waals surface area contributed by atoms with E-state index in [4.69, 9.17) is 0 Å². The fourth-order valence-corrected chi connectivity index (χ4v) is 3.34. The normalized spacial score (nSPS) is 11.9. The van der Waals surface area contributed by atoms with E-state index in [1.165, 1.54) is 0 Å². The largest absolute Gasteiger partial charge is 0.292 e. The molecule has 29 heavy (non-hydrogen) atoms. The highest BCUT2D eigenvalue weighted by molar-refractivity contribution is 6.04. The Morgan fingerprint density at radius 3 is 2.28 bits per heavy atom. The van der Waals surface area contributed by atoms with Gasteiger partial charge in [0.15, 0.2) is 0 Å². The summed E-state index contributed by atoms with van der Waals surface area (Å²) in [5.41, 5.74) is 3.16. The highest BCUT2D eigenvalue weighted by atomic mass is 16.2. The minimum atomic E-state index is -0.405. The molecule has 3 aromatic carbocycles. The van der Waals surface area contributed by atoms with Gasteiger partial charge in [0, 0.05) is 12.0 Å². The van der Waals surface area contributed by atoms with Crippen LogP contribution in [0.4, 0.5) is 0 Å². The van der Waals surface area contributed by atoms with Crippen LogP contribution < -0.4 is 5.32 Å². The Balaban J connectivity index is 1.57. The summed E-state index contributed by atoms with van der Waals surface area (Å²) in [6.45, 7) is 0. The molecule has 1 unspecified atom stereocenters. The average Bonchev–Trinajstić information content (AvgIpc) is 3.19. The Kier molecular flexibility index (Phi) is 5.42. The summed E-state index contributed by atoms with van der Waals surface area (Å²) in [6.07, 6.45) is 0.710. The van der Waals surface area contributed by atoms with Crippen LogP contribution in [0.1, 0.15) is 28.4 Å². The van der Waals surface area contributed by atoms with Crippen molar-refractivity contribution in [2.45, 2.75) is 18.9 Å². The van der Waals surface area contributed by atoms with Gasteiger partial charge in [-0.1, -0.05) is 65.9 Å². The van der Waals surface area contributed by atoms with Crippen LogP contribution in [0.15, 0.2) is 84.9 Å². The maximum absolute atomic E-state index is 12.7. The second-order valence-corrected chi connectivity index (χ2v) is 6.81. The highest BCUT2D eigenvalue weighted by Gasteiger charge is 2.21. The summed E-state index contributed by atoms with van der Waals surface area (Å²) in [7, 11) is 0. The lowest BCUT2D eigenvalue weighted by Crippen LogP contribution is -2.33. The van der Waals surface area contributed by atoms with E-state index in [1.54, 1.807) is 28.9 Å². The summed E-state index contributed by atoms with van der Waals surface area (Å²) >= 11 is 0. The lowest BCUT2D eigenvalue weighted by molar-refractivity contribution is -0.120. The molecular formula is C23H20N4O2. The first-order chi connectivity index (χ1) is 14.2. The molecule has 0 fully saturated rings. The lowest BCUT2D eigenvalue weighted by atomic mass is 10.0. The van der Waals surface area contributed by atoms with Crippen molar-refractivity contribution in [3.8, 4) is 0 Å². The number of aromatic nitrogens is 3. The van der Waals surface area contributed by atoms with Crippen molar-refractivity contribution in [2.75, 3.05) is 0 Å². The molecular weight excluding hydrogens is 364 g/mol. The fourth-order valence-electron chi connectivity index (χ4n) is 3.34. The first-order valence-electron chi connectivity index (χ1n) is 9.44. The highest BCUT2D eigenvalue weighted by Crippen LogP contribution is 2.22. The van der Waals surface area contributed by atoms with Crippen LogP contribution in [0, 0.1) is 0 Å². The minimum absolute atomic E-state index is 0.112. The molecule has 144 valence electrons. The summed E-state index contributed by atoms with van der Waals surface area (Å²) in [4.78, 5) is 25.0. The molecule has 1 aromatic heterocycles. The van der Waals surface area contributed by atoms with Crippen LogP contribution in [0.3, 0.4) is 0 Å². The molecule has 2 amide bonds. The van der Waals surface area contributed by atoms with Crippen LogP contribution in [0.5, 0.6) is 0 Å². The Morgan fingerprint density at radius 2 is 1.52 bits per heavy atom. The van der Waals surface area contributed by atoms with Crippen LogP contribution >= 0.6 is 0 Å². The zero-order valence-corrected chi connectivity index (χ0v) is 15.7. The molecule has 6 nitrogen and oxygen atoms in total. The van der Waals surface area contributed by atoms with Gasteiger partial charge in [-0.2, -0.15) is 0 Å². The number of carbonyl (C=O) groups is 2. The van der Waals surface area contributed by atoms with Gasteiger partial charge in [0.05, 0.1) is 11.6 Å². The minimum Gasteiger partial charge on any atom is -0.292 e. The van der Waals surface area contributed by atoms with Crippen molar-refractivity contribution < 1.29 is 9.59 Å². The van der Waals surface area contributed by atoms with Gasteiger partial charge in [0.2, 0.25) is 5.91 Å². The van der Waals surface area contributed by atoms with E-state index in [-0.39, 0.29) is 18.4 Å². The quantitative estimate of drug-likeness (QED) is 0.551. The standard InChI is InChI=1S/C23H20N4O2/c28-22(24-23(29)18-11-5-2-6-12-18)16-19(15-17-9-3-1-4-10-17)27-21-14-8-7-13-20(21)25-26-27/h1-14,19H,15-16H2,(H,24,28,29). The van der Waals surface area contributed by atoms with Crippen LogP contribution in [-0.4, -0.2) is 26.8 Å². The molecule has 4 aromatic rings. The van der Waals surface area contributed by atoms with E-state index in [2.05, 4.69) is 15.6 Å². The van der Waals surface area contributed by atoms with Crippen molar-refractivity contribution in [1.82, 2.24) is 20.3 Å². The van der Waals surface area contributed by atoms with E-state index in [1.807, 2.05) is 60.7 Å². The molecule has 4 rings (SSSR count). The summed E-state index contributed by atoms with van der Waals surface area (Å²) in [5.74, 6) is -0.753. The molecule has 0 saturated carbocycles. The van der Waals surface area contributed by atoms with Gasteiger partial charge in [0.1, 0.15) is 5.52 Å². The second-order valence-electron chi connectivity index (χ2n) is 6.81. The third-order valence-corrected chi connectivity index (χ3v) is 4.75. The molecule has 0 aliphatic rings. The molecule has 0 saturated heterocycles. The van der Waals surface area contributed by atoms with E-state index < -0.39 is 5.91 Å². The Bertz CT molecular complexity index is 1120. The summed E-state index contributed by atoms with van der Waals surface area (Å²) in [5, 5.41) is 11.0. The lowest BCUT2D eigenvalue weighted by Gasteiger charge is -2.18. The molecule has 0 radical (unpaired) electrons. The van der Waals surface area contributed by atoms with Gasteiger partial charge >= 0.3 is 0 Å². The maximum atomic E-state index is 12.7. The molecule has 0 spiro atoms. The van der Waals surface area contributed by atoms with E-state index in [0.717, 1.165) is 16.6 Å². The van der Waals surface area contributed by atoms with Crippen LogP contribution in [0.25, 0.3) is 11.0 Å². The predicted octanol–water partition coefficient (Wildman–Crippen LogP) is 3.56. The van der Waals surface area contributed by atoms with Crippen LogP contribution in [0.2, 0.25) is 0 Å². The van der Waals surface area contributed by atoms with Crippen molar-refractivity contribution in [2.24, 2.45) is 0 Å². The Labute approximate surface area is 168 Å². The molecule has 0 aliphatic carbocycles. The number of imide groups is 1. The number of benzene rings is 3. The second kappa shape index (κ2) is 8.48.